The Balaban J connectivity index is 1.37. The highest BCUT2D eigenvalue weighted by molar-refractivity contribution is 5.81. The Bertz CT molecular complexity index is 458. The number of amides is 2. The number of piperidine rings is 1. The molecule has 6 nitrogen and oxygen atoms in total. The molecule has 0 aromatic rings. The van der Waals surface area contributed by atoms with Gasteiger partial charge < -0.3 is 19.7 Å². The zero-order valence-electron chi connectivity index (χ0n) is 15.4. The molecule has 25 heavy (non-hydrogen) atoms. The predicted molar refractivity (Wildman–Crippen MR) is 94.1 cm³/mol. The SMILES string of the molecule is CC(OCC1CCCO1)C(=O)N[C@H]1CC[C@@H](C(=O)N2CCCCC2)C1. The molecule has 2 heterocycles. The number of hydrogen-bond donors (Lipinski definition) is 1. The van der Waals surface area contributed by atoms with Crippen molar-refractivity contribution >= 4 is 11.8 Å². The lowest BCUT2D eigenvalue weighted by atomic mass is 10.0. The minimum Gasteiger partial charge on any atom is -0.376 e. The average Bonchev–Trinajstić information content (AvgIpc) is 3.31. The standard InChI is InChI=1S/C19H32N2O4/c1-14(25-13-17-6-5-11-24-17)18(22)20-16-8-7-15(12-16)19(23)21-9-3-2-4-10-21/h14-17H,2-13H2,1H3,(H,20,22)/t14?,15-,16+,17?/m1/s1. The Kier molecular flexibility index (Phi) is 6.70. The van der Waals surface area contributed by atoms with E-state index in [0.717, 1.165) is 64.6 Å². The van der Waals surface area contributed by atoms with E-state index in [1.54, 1.807) is 6.92 Å². The maximum absolute atomic E-state index is 12.6. The van der Waals surface area contributed by atoms with Gasteiger partial charge in [-0.05, 0) is 58.3 Å². The maximum atomic E-state index is 12.6. The molecule has 3 rings (SSSR count). The van der Waals surface area contributed by atoms with Crippen molar-refractivity contribution in [3.8, 4) is 0 Å². The van der Waals surface area contributed by atoms with E-state index < -0.39 is 6.10 Å². The fourth-order valence-corrected chi connectivity index (χ4v) is 4.13. The summed E-state index contributed by atoms with van der Waals surface area (Å²) in [5, 5.41) is 3.07. The molecule has 3 fully saturated rings. The number of nitrogens with one attached hydrogen (secondary N) is 1. The van der Waals surface area contributed by atoms with Gasteiger partial charge in [-0.3, -0.25) is 9.59 Å². The summed E-state index contributed by atoms with van der Waals surface area (Å²) < 4.78 is 11.2. The quantitative estimate of drug-likeness (QED) is 0.792. The summed E-state index contributed by atoms with van der Waals surface area (Å²) in [4.78, 5) is 26.9. The normalized spacial score (nSPS) is 31.1. The molecule has 0 radical (unpaired) electrons. The molecule has 0 aromatic carbocycles. The van der Waals surface area contributed by atoms with Crippen LogP contribution < -0.4 is 5.32 Å². The van der Waals surface area contributed by atoms with Crippen LogP contribution >= 0.6 is 0 Å². The van der Waals surface area contributed by atoms with Crippen LogP contribution in [0.15, 0.2) is 0 Å². The lowest BCUT2D eigenvalue weighted by Gasteiger charge is -2.29. The largest absolute Gasteiger partial charge is 0.376 e. The molecule has 0 aromatic heterocycles. The average molecular weight is 352 g/mol. The van der Waals surface area contributed by atoms with Gasteiger partial charge in [0.25, 0.3) is 0 Å². The Labute approximate surface area is 150 Å². The molecule has 142 valence electrons. The van der Waals surface area contributed by atoms with Crippen molar-refractivity contribution in [2.24, 2.45) is 5.92 Å². The summed E-state index contributed by atoms with van der Waals surface area (Å²) in [5.41, 5.74) is 0. The third kappa shape index (κ3) is 5.17. The molecule has 3 aliphatic rings. The summed E-state index contributed by atoms with van der Waals surface area (Å²) in [6.45, 7) is 4.87. The number of hydrogen-bond acceptors (Lipinski definition) is 4. The van der Waals surface area contributed by atoms with Gasteiger partial charge >= 0.3 is 0 Å². The fourth-order valence-electron chi connectivity index (χ4n) is 4.13. The van der Waals surface area contributed by atoms with E-state index in [4.69, 9.17) is 9.47 Å². The molecule has 1 aliphatic carbocycles. The third-order valence-corrected chi connectivity index (χ3v) is 5.72. The van der Waals surface area contributed by atoms with Crippen LogP contribution in [0.5, 0.6) is 0 Å². The Morgan fingerprint density at radius 2 is 1.96 bits per heavy atom. The lowest BCUT2D eigenvalue weighted by Crippen LogP contribution is -2.42. The summed E-state index contributed by atoms with van der Waals surface area (Å²) >= 11 is 0. The summed E-state index contributed by atoms with van der Waals surface area (Å²) in [6, 6.07) is 0.0972. The summed E-state index contributed by atoms with van der Waals surface area (Å²) in [5.74, 6) is 0.291. The molecule has 2 aliphatic heterocycles. The van der Waals surface area contributed by atoms with E-state index in [9.17, 15) is 9.59 Å². The lowest BCUT2D eigenvalue weighted by molar-refractivity contribution is -0.137. The zero-order chi connectivity index (χ0) is 17.6. The number of likely N-dealkylation sites (tertiary alicyclic amines) is 1. The molecule has 2 amide bonds. The second-order valence-corrected chi connectivity index (χ2v) is 7.71. The van der Waals surface area contributed by atoms with E-state index in [-0.39, 0.29) is 24.0 Å². The second-order valence-electron chi connectivity index (χ2n) is 7.71. The van der Waals surface area contributed by atoms with Crippen molar-refractivity contribution in [3.63, 3.8) is 0 Å². The van der Waals surface area contributed by atoms with Gasteiger partial charge in [0.05, 0.1) is 12.7 Å². The van der Waals surface area contributed by atoms with Gasteiger partial charge in [-0.1, -0.05) is 0 Å². The highest BCUT2D eigenvalue weighted by Gasteiger charge is 2.34. The van der Waals surface area contributed by atoms with E-state index in [0.29, 0.717) is 12.5 Å². The highest BCUT2D eigenvalue weighted by Crippen LogP contribution is 2.28. The van der Waals surface area contributed by atoms with Crippen LogP contribution in [0.4, 0.5) is 0 Å². The predicted octanol–water partition coefficient (Wildman–Crippen LogP) is 1.87. The van der Waals surface area contributed by atoms with Gasteiger partial charge in [0, 0.05) is 31.7 Å². The third-order valence-electron chi connectivity index (χ3n) is 5.72. The zero-order valence-corrected chi connectivity index (χ0v) is 15.4. The van der Waals surface area contributed by atoms with Crippen LogP contribution in [0, 0.1) is 5.92 Å². The number of nitrogens with zero attached hydrogens (tertiary/aromatic N) is 1. The number of ether oxygens (including phenoxy) is 2. The van der Waals surface area contributed by atoms with Gasteiger partial charge in [0.1, 0.15) is 6.10 Å². The summed E-state index contributed by atoms with van der Waals surface area (Å²) in [7, 11) is 0. The van der Waals surface area contributed by atoms with Gasteiger partial charge in [-0.25, -0.2) is 0 Å². The van der Waals surface area contributed by atoms with E-state index in [1.165, 1.54) is 6.42 Å². The van der Waals surface area contributed by atoms with Gasteiger partial charge in [-0.15, -0.1) is 0 Å². The molecule has 0 spiro atoms. The van der Waals surface area contributed by atoms with Crippen LogP contribution in [-0.2, 0) is 19.1 Å². The first-order chi connectivity index (χ1) is 12.1. The Hall–Kier alpha value is -1.14. The molecule has 4 atom stereocenters. The van der Waals surface area contributed by atoms with Crippen molar-refractivity contribution in [1.82, 2.24) is 10.2 Å². The van der Waals surface area contributed by atoms with Crippen molar-refractivity contribution < 1.29 is 19.1 Å². The smallest absolute Gasteiger partial charge is 0.249 e. The van der Waals surface area contributed by atoms with Crippen LogP contribution in [0.1, 0.15) is 58.3 Å². The number of carbonyl (C=O) groups excluding carboxylic acids is 2. The minimum atomic E-state index is -0.471. The first-order valence-corrected chi connectivity index (χ1v) is 9.96. The first-order valence-electron chi connectivity index (χ1n) is 9.96. The molecule has 0 bridgehead atoms. The van der Waals surface area contributed by atoms with E-state index in [1.807, 2.05) is 4.90 Å². The molecule has 2 saturated heterocycles. The second kappa shape index (κ2) is 8.99. The van der Waals surface area contributed by atoms with E-state index in [2.05, 4.69) is 5.32 Å². The molecule has 1 N–H and O–H groups in total. The number of carbonyl (C=O) groups is 2. The number of rotatable bonds is 6. The van der Waals surface area contributed by atoms with Crippen molar-refractivity contribution in [1.29, 1.82) is 0 Å². The fraction of sp³-hybridized carbons (Fsp3) is 0.895. The Morgan fingerprint density at radius 3 is 2.68 bits per heavy atom. The van der Waals surface area contributed by atoms with Crippen LogP contribution in [-0.4, -0.2) is 61.3 Å². The van der Waals surface area contributed by atoms with Crippen molar-refractivity contribution in [3.05, 3.63) is 0 Å². The maximum Gasteiger partial charge on any atom is 0.249 e. The minimum absolute atomic E-state index is 0.0749. The van der Waals surface area contributed by atoms with Crippen LogP contribution in [0.2, 0.25) is 0 Å². The molecule has 2 unspecified atom stereocenters. The van der Waals surface area contributed by atoms with Crippen molar-refractivity contribution in [2.45, 2.75) is 76.5 Å². The molecule has 1 saturated carbocycles. The summed E-state index contributed by atoms with van der Waals surface area (Å²) in [6.07, 6.45) is 7.75. The Morgan fingerprint density at radius 1 is 1.16 bits per heavy atom. The topological polar surface area (TPSA) is 67.9 Å². The van der Waals surface area contributed by atoms with Crippen LogP contribution in [0.25, 0.3) is 0 Å². The van der Waals surface area contributed by atoms with Gasteiger partial charge in [-0.2, -0.15) is 0 Å². The van der Waals surface area contributed by atoms with E-state index >= 15 is 0 Å². The van der Waals surface area contributed by atoms with Gasteiger partial charge in [0.15, 0.2) is 0 Å². The first kappa shape index (κ1) is 18.6. The highest BCUT2D eigenvalue weighted by atomic mass is 16.5. The van der Waals surface area contributed by atoms with Gasteiger partial charge in [0.2, 0.25) is 11.8 Å². The molecule has 6 heteroatoms. The van der Waals surface area contributed by atoms with Crippen LogP contribution in [0.3, 0.4) is 0 Å². The molecular formula is C19H32N2O4. The van der Waals surface area contributed by atoms with Crippen molar-refractivity contribution in [2.75, 3.05) is 26.3 Å². The molecular weight excluding hydrogens is 320 g/mol. The monoisotopic (exact) mass is 352 g/mol.